The highest BCUT2D eigenvalue weighted by Gasteiger charge is 2.31. The number of anilines is 3. The molecule has 3 aromatic carbocycles. The molecular weight excluding hydrogens is 601 g/mol. The van der Waals surface area contributed by atoms with Crippen molar-refractivity contribution in [1.82, 2.24) is 4.90 Å². The third-order valence-electron chi connectivity index (χ3n) is 6.85. The highest BCUT2D eigenvalue weighted by atomic mass is 32.2. The minimum Gasteiger partial charge on any atom is -0.465 e. The first-order valence-electron chi connectivity index (χ1n) is 13.6. The van der Waals surface area contributed by atoms with E-state index in [1.165, 1.54) is 37.1 Å². The summed E-state index contributed by atoms with van der Waals surface area (Å²) in [6, 6.07) is 26.8. The molecule has 0 bridgehead atoms. The van der Waals surface area contributed by atoms with Gasteiger partial charge in [-0.1, -0.05) is 54.6 Å². The number of rotatable bonds is 8. The topological polar surface area (TPSA) is 99.8 Å². The normalized spacial score (nSPS) is 12.9. The fourth-order valence-corrected chi connectivity index (χ4v) is 7.33. The molecule has 8 nitrogen and oxygen atoms in total. The Morgan fingerprint density at radius 1 is 0.930 bits per heavy atom. The van der Waals surface area contributed by atoms with Gasteiger partial charge in [-0.05, 0) is 60.1 Å². The number of benzene rings is 3. The van der Waals surface area contributed by atoms with Crippen LogP contribution >= 0.6 is 35.3 Å². The fourth-order valence-electron chi connectivity index (χ4n) is 4.75. The van der Waals surface area contributed by atoms with Crippen LogP contribution in [0.3, 0.4) is 0 Å². The van der Waals surface area contributed by atoms with E-state index in [1.807, 2.05) is 84.9 Å². The van der Waals surface area contributed by atoms with Crippen molar-refractivity contribution >= 4 is 74.6 Å². The predicted molar refractivity (Wildman–Crippen MR) is 177 cm³/mol. The Bertz CT molecular complexity index is 1640. The number of hydrogen-bond donors (Lipinski definition) is 3. The molecule has 220 valence electrons. The number of ether oxygens (including phenoxy) is 1. The fraction of sp³-hybridized carbons (Fsp3) is 0.188. The molecule has 1 unspecified atom stereocenters. The molecule has 43 heavy (non-hydrogen) atoms. The molecule has 0 aliphatic carbocycles. The first-order chi connectivity index (χ1) is 20.8. The van der Waals surface area contributed by atoms with Gasteiger partial charge in [0.25, 0.3) is 0 Å². The molecule has 2 amide bonds. The summed E-state index contributed by atoms with van der Waals surface area (Å²) in [5.41, 5.74) is 3.66. The summed E-state index contributed by atoms with van der Waals surface area (Å²) >= 11 is 8.20. The first kappa shape index (κ1) is 30.3. The lowest BCUT2D eigenvalue weighted by atomic mass is 10.0. The van der Waals surface area contributed by atoms with Crippen LogP contribution in [0, 0.1) is 0 Å². The molecule has 0 fully saturated rings. The Morgan fingerprint density at radius 2 is 1.60 bits per heavy atom. The molecule has 11 heteroatoms. The first-order valence-corrected chi connectivity index (χ1v) is 15.7. The van der Waals surface area contributed by atoms with Gasteiger partial charge in [0, 0.05) is 34.6 Å². The van der Waals surface area contributed by atoms with Crippen LogP contribution in [-0.2, 0) is 27.3 Å². The zero-order valence-electron chi connectivity index (χ0n) is 23.6. The predicted octanol–water partition coefficient (Wildman–Crippen LogP) is 6.72. The molecule has 1 aromatic heterocycles. The van der Waals surface area contributed by atoms with Crippen molar-refractivity contribution in [2.75, 3.05) is 29.6 Å². The van der Waals surface area contributed by atoms with E-state index >= 15 is 0 Å². The Hall–Kier alpha value is -4.19. The zero-order chi connectivity index (χ0) is 30.3. The number of nitrogens with zero attached hydrogens (tertiary/aromatic N) is 1. The van der Waals surface area contributed by atoms with E-state index in [2.05, 4.69) is 16.0 Å². The number of amides is 2. The van der Waals surface area contributed by atoms with Crippen LogP contribution in [0.5, 0.6) is 0 Å². The van der Waals surface area contributed by atoms with Crippen LogP contribution in [0.1, 0.15) is 38.5 Å². The maximum absolute atomic E-state index is 13.9. The molecular formula is C32H30N4O4S3. The van der Waals surface area contributed by atoms with E-state index in [0.717, 1.165) is 32.3 Å². The highest BCUT2D eigenvalue weighted by Crippen LogP contribution is 2.41. The Kier molecular flexibility index (Phi) is 9.75. The van der Waals surface area contributed by atoms with Crippen LogP contribution in [0.2, 0.25) is 0 Å². The molecule has 0 radical (unpaired) electrons. The summed E-state index contributed by atoms with van der Waals surface area (Å²) in [6.07, 6.45) is 0.517. The number of fused-ring (bicyclic) bond motifs is 1. The van der Waals surface area contributed by atoms with Gasteiger partial charge in [-0.25, -0.2) is 4.79 Å². The highest BCUT2D eigenvalue weighted by molar-refractivity contribution is 8.00. The van der Waals surface area contributed by atoms with E-state index in [4.69, 9.17) is 17.0 Å². The molecule has 0 spiro atoms. The number of methoxy groups -OCH3 is 1. The number of thiophene rings is 1. The monoisotopic (exact) mass is 630 g/mol. The minimum atomic E-state index is -0.621. The summed E-state index contributed by atoms with van der Waals surface area (Å²) in [5, 5.41) is 9.66. The Morgan fingerprint density at radius 3 is 2.30 bits per heavy atom. The van der Waals surface area contributed by atoms with Crippen molar-refractivity contribution < 1.29 is 19.1 Å². The van der Waals surface area contributed by atoms with Crippen LogP contribution in [0.15, 0.2) is 89.8 Å². The summed E-state index contributed by atoms with van der Waals surface area (Å²) in [7, 11) is 1.33. The summed E-state index contributed by atoms with van der Waals surface area (Å²) in [5.74, 6) is -0.812. The van der Waals surface area contributed by atoms with E-state index in [9.17, 15) is 14.4 Å². The summed E-state index contributed by atoms with van der Waals surface area (Å²) in [4.78, 5) is 42.3. The molecule has 4 aromatic rings. The smallest absolute Gasteiger partial charge is 0.341 e. The molecule has 5 rings (SSSR count). The molecule has 1 aliphatic heterocycles. The van der Waals surface area contributed by atoms with Gasteiger partial charge in [0.1, 0.15) is 10.3 Å². The summed E-state index contributed by atoms with van der Waals surface area (Å²) < 4.78 is 5.09. The van der Waals surface area contributed by atoms with Gasteiger partial charge >= 0.3 is 5.97 Å². The van der Waals surface area contributed by atoms with E-state index in [0.29, 0.717) is 35.2 Å². The Labute approximate surface area is 263 Å². The maximum Gasteiger partial charge on any atom is 0.341 e. The number of carbonyl (C=O) groups is 3. The lowest BCUT2D eigenvalue weighted by Crippen LogP contribution is -2.33. The second kappa shape index (κ2) is 13.9. The van der Waals surface area contributed by atoms with E-state index < -0.39 is 11.2 Å². The van der Waals surface area contributed by atoms with Crippen molar-refractivity contribution in [1.29, 1.82) is 0 Å². The van der Waals surface area contributed by atoms with Crippen molar-refractivity contribution in [3.8, 4) is 0 Å². The van der Waals surface area contributed by atoms with Crippen molar-refractivity contribution in [2.45, 2.75) is 30.0 Å². The quantitative estimate of drug-likeness (QED) is 0.112. The minimum absolute atomic E-state index is 0.0295. The second-order valence-electron chi connectivity index (χ2n) is 9.76. The number of nitrogens with one attached hydrogen (secondary N) is 3. The standard InChI is InChI=1S/C32H30N4O4S3/c1-20(37)36-17-16-25-26(19-36)43-30(27(25)31(39)40-2)35-29(38)28(21-10-5-3-6-11-21)42-24-15-9-14-23(18-24)34-32(41)33-22-12-7-4-8-13-22/h3-15,18,28H,16-17,19H2,1-2H3,(H,35,38)(H2,33,34,41). The van der Waals surface area contributed by atoms with Gasteiger partial charge in [-0.2, -0.15) is 0 Å². The third kappa shape index (κ3) is 7.42. The average Bonchev–Trinajstić information content (AvgIpc) is 3.37. The number of carbonyl (C=O) groups excluding carboxylic acids is 3. The van der Waals surface area contributed by atoms with Crippen LogP contribution in [0.25, 0.3) is 0 Å². The van der Waals surface area contributed by atoms with E-state index in [-0.39, 0.29) is 11.8 Å². The number of thiocarbonyl (C=S) groups is 1. The number of para-hydroxylation sites is 1. The summed E-state index contributed by atoms with van der Waals surface area (Å²) in [6.45, 7) is 2.43. The number of esters is 1. The number of thioether (sulfide) groups is 1. The average molecular weight is 631 g/mol. The third-order valence-corrected chi connectivity index (χ3v) is 9.43. The van der Waals surface area contributed by atoms with Crippen molar-refractivity contribution in [3.05, 3.63) is 106 Å². The second-order valence-corrected chi connectivity index (χ2v) is 12.5. The largest absolute Gasteiger partial charge is 0.465 e. The van der Waals surface area contributed by atoms with Gasteiger partial charge in [-0.15, -0.1) is 23.1 Å². The van der Waals surface area contributed by atoms with Gasteiger partial charge in [-0.3, -0.25) is 9.59 Å². The van der Waals surface area contributed by atoms with Crippen LogP contribution < -0.4 is 16.0 Å². The Balaban J connectivity index is 1.38. The molecule has 1 atom stereocenters. The van der Waals surface area contributed by atoms with Gasteiger partial charge in [0.15, 0.2) is 5.11 Å². The molecule has 0 saturated carbocycles. The zero-order valence-corrected chi connectivity index (χ0v) is 26.0. The lowest BCUT2D eigenvalue weighted by Gasteiger charge is -2.25. The van der Waals surface area contributed by atoms with Gasteiger partial charge < -0.3 is 25.6 Å². The van der Waals surface area contributed by atoms with Crippen molar-refractivity contribution in [2.24, 2.45) is 0 Å². The molecule has 2 heterocycles. The number of hydrogen-bond acceptors (Lipinski definition) is 7. The SMILES string of the molecule is COC(=O)c1c(NC(=O)C(Sc2cccc(NC(=S)Nc3ccccc3)c2)c2ccccc2)sc2c1CCN(C(C)=O)C2. The van der Waals surface area contributed by atoms with Crippen LogP contribution in [0.4, 0.5) is 16.4 Å². The van der Waals surface area contributed by atoms with Gasteiger partial charge in [0.2, 0.25) is 11.8 Å². The maximum atomic E-state index is 13.9. The lowest BCUT2D eigenvalue weighted by molar-refractivity contribution is -0.129. The molecule has 3 N–H and O–H groups in total. The van der Waals surface area contributed by atoms with E-state index in [1.54, 1.807) is 4.90 Å². The van der Waals surface area contributed by atoms with Gasteiger partial charge in [0.05, 0.1) is 19.2 Å². The van der Waals surface area contributed by atoms with Crippen molar-refractivity contribution in [3.63, 3.8) is 0 Å². The van der Waals surface area contributed by atoms with Crippen LogP contribution in [-0.4, -0.2) is 41.5 Å². The molecule has 1 aliphatic rings. The molecule has 0 saturated heterocycles.